The summed E-state index contributed by atoms with van der Waals surface area (Å²) in [6.07, 6.45) is 0.738. The Morgan fingerprint density at radius 3 is 2.13 bits per heavy atom. The van der Waals surface area contributed by atoms with E-state index in [1.807, 2.05) is 44.2 Å². The molecule has 2 amide bonds. The Hall–Kier alpha value is -3.36. The monoisotopic (exact) mass is 555 g/mol. The van der Waals surface area contributed by atoms with E-state index in [2.05, 4.69) is 5.32 Å². The van der Waals surface area contributed by atoms with E-state index in [0.29, 0.717) is 16.3 Å². The molecular weight excluding hydrogens is 522 g/mol. The molecular formula is C29H34ClN3O4S. The third kappa shape index (κ3) is 6.94. The Morgan fingerprint density at radius 1 is 0.921 bits per heavy atom. The second-order valence-corrected chi connectivity index (χ2v) is 11.5. The van der Waals surface area contributed by atoms with Gasteiger partial charge in [0.05, 0.1) is 10.6 Å². The van der Waals surface area contributed by atoms with Gasteiger partial charge in [0.25, 0.3) is 10.0 Å². The normalized spacial score (nSPS) is 12.9. The molecule has 0 saturated carbocycles. The van der Waals surface area contributed by atoms with Gasteiger partial charge in [-0.2, -0.15) is 0 Å². The minimum Gasteiger partial charge on any atom is -0.352 e. The SMILES string of the molecule is CC[C@@H](C)NC(=O)[C@@H](C)N(Cc1ccccc1)C(=O)CN(c1cccc(Cl)c1C)S(=O)(=O)c1ccccc1. The molecule has 3 aromatic rings. The van der Waals surface area contributed by atoms with Gasteiger partial charge in [-0.05, 0) is 62.6 Å². The fourth-order valence-electron chi connectivity index (χ4n) is 3.93. The van der Waals surface area contributed by atoms with Gasteiger partial charge >= 0.3 is 0 Å². The second kappa shape index (κ2) is 12.9. The highest BCUT2D eigenvalue weighted by atomic mass is 35.5. The summed E-state index contributed by atoms with van der Waals surface area (Å²) in [6, 6.07) is 21.3. The predicted molar refractivity (Wildman–Crippen MR) is 152 cm³/mol. The van der Waals surface area contributed by atoms with Crippen molar-refractivity contribution in [1.29, 1.82) is 0 Å². The number of carbonyl (C=O) groups is 2. The molecule has 0 aliphatic carbocycles. The molecule has 1 N–H and O–H groups in total. The number of hydrogen-bond donors (Lipinski definition) is 1. The van der Waals surface area contributed by atoms with Crippen LogP contribution in [0.2, 0.25) is 5.02 Å². The number of amides is 2. The van der Waals surface area contributed by atoms with Gasteiger partial charge in [0.15, 0.2) is 0 Å². The number of nitrogens with one attached hydrogen (secondary N) is 1. The lowest BCUT2D eigenvalue weighted by Crippen LogP contribution is -2.52. The third-order valence-electron chi connectivity index (χ3n) is 6.48. The lowest BCUT2D eigenvalue weighted by atomic mass is 10.1. The largest absolute Gasteiger partial charge is 0.352 e. The van der Waals surface area contributed by atoms with Gasteiger partial charge in [0, 0.05) is 17.6 Å². The third-order valence-corrected chi connectivity index (χ3v) is 8.67. The number of halogens is 1. The number of rotatable bonds is 11. The van der Waals surface area contributed by atoms with Crippen molar-refractivity contribution in [3.8, 4) is 0 Å². The lowest BCUT2D eigenvalue weighted by molar-refractivity contribution is -0.139. The fraction of sp³-hybridized carbons (Fsp3) is 0.310. The summed E-state index contributed by atoms with van der Waals surface area (Å²) in [5.41, 5.74) is 1.64. The summed E-state index contributed by atoms with van der Waals surface area (Å²) in [6.45, 7) is 6.85. The van der Waals surface area contributed by atoms with Crippen molar-refractivity contribution in [2.75, 3.05) is 10.8 Å². The summed E-state index contributed by atoms with van der Waals surface area (Å²) in [5.74, 6) is -0.820. The first-order valence-electron chi connectivity index (χ1n) is 12.5. The Balaban J connectivity index is 2.04. The average Bonchev–Trinajstić information content (AvgIpc) is 2.92. The van der Waals surface area contributed by atoms with E-state index in [-0.39, 0.29) is 23.4 Å². The Bertz CT molecular complexity index is 1350. The van der Waals surface area contributed by atoms with Crippen LogP contribution in [-0.2, 0) is 26.2 Å². The fourth-order valence-corrected chi connectivity index (χ4v) is 5.59. The van der Waals surface area contributed by atoms with Crippen molar-refractivity contribution in [3.05, 3.63) is 95.0 Å². The number of benzene rings is 3. The van der Waals surface area contributed by atoms with E-state index in [1.54, 1.807) is 50.2 Å². The van der Waals surface area contributed by atoms with E-state index in [9.17, 15) is 18.0 Å². The average molecular weight is 556 g/mol. The smallest absolute Gasteiger partial charge is 0.264 e. The van der Waals surface area contributed by atoms with Crippen molar-refractivity contribution in [3.63, 3.8) is 0 Å². The summed E-state index contributed by atoms with van der Waals surface area (Å²) < 4.78 is 28.7. The van der Waals surface area contributed by atoms with Crippen molar-refractivity contribution in [1.82, 2.24) is 10.2 Å². The lowest BCUT2D eigenvalue weighted by Gasteiger charge is -2.33. The number of nitrogens with zero attached hydrogens (tertiary/aromatic N) is 2. The first kappa shape index (κ1) is 29.2. The Kier molecular flexibility index (Phi) is 9.94. The molecule has 0 aromatic heterocycles. The van der Waals surface area contributed by atoms with Crippen molar-refractivity contribution in [2.45, 2.75) is 57.6 Å². The van der Waals surface area contributed by atoms with Crippen molar-refractivity contribution >= 4 is 39.1 Å². The number of sulfonamides is 1. The molecule has 0 aliphatic heterocycles. The minimum atomic E-state index is -4.14. The van der Waals surface area contributed by atoms with Crippen LogP contribution in [0.4, 0.5) is 5.69 Å². The summed E-state index contributed by atoms with van der Waals surface area (Å²) in [5, 5.41) is 3.31. The summed E-state index contributed by atoms with van der Waals surface area (Å²) in [4.78, 5) is 28.4. The van der Waals surface area contributed by atoms with Gasteiger partial charge in [0.2, 0.25) is 11.8 Å². The van der Waals surface area contributed by atoms with E-state index in [0.717, 1.165) is 16.3 Å². The van der Waals surface area contributed by atoms with E-state index < -0.39 is 28.5 Å². The van der Waals surface area contributed by atoms with Gasteiger partial charge in [-0.3, -0.25) is 13.9 Å². The van der Waals surface area contributed by atoms with Crippen LogP contribution in [0.5, 0.6) is 0 Å². The maximum atomic E-state index is 13.9. The highest BCUT2D eigenvalue weighted by molar-refractivity contribution is 7.92. The molecule has 3 rings (SSSR count). The number of carbonyl (C=O) groups excluding carboxylic acids is 2. The number of anilines is 1. The van der Waals surface area contributed by atoms with Crippen LogP contribution in [0.25, 0.3) is 0 Å². The first-order chi connectivity index (χ1) is 18.1. The van der Waals surface area contributed by atoms with Crippen LogP contribution in [-0.4, -0.2) is 43.8 Å². The minimum absolute atomic E-state index is 0.0457. The van der Waals surface area contributed by atoms with Crippen molar-refractivity contribution < 1.29 is 18.0 Å². The van der Waals surface area contributed by atoms with E-state index in [4.69, 9.17) is 11.6 Å². The zero-order valence-electron chi connectivity index (χ0n) is 22.1. The van der Waals surface area contributed by atoms with Crippen LogP contribution in [0.1, 0.15) is 38.3 Å². The van der Waals surface area contributed by atoms with E-state index in [1.165, 1.54) is 17.0 Å². The summed E-state index contributed by atoms with van der Waals surface area (Å²) >= 11 is 6.34. The van der Waals surface area contributed by atoms with Crippen LogP contribution in [0, 0.1) is 6.92 Å². The molecule has 0 fully saturated rings. The molecule has 202 valence electrons. The Morgan fingerprint density at radius 2 is 1.53 bits per heavy atom. The molecule has 3 aromatic carbocycles. The molecule has 0 heterocycles. The molecule has 0 spiro atoms. The van der Waals surface area contributed by atoms with Gasteiger partial charge in [-0.1, -0.05) is 73.1 Å². The van der Waals surface area contributed by atoms with Gasteiger partial charge in [-0.25, -0.2) is 8.42 Å². The van der Waals surface area contributed by atoms with Gasteiger partial charge < -0.3 is 10.2 Å². The van der Waals surface area contributed by atoms with Crippen LogP contribution < -0.4 is 9.62 Å². The molecule has 38 heavy (non-hydrogen) atoms. The molecule has 9 heteroatoms. The van der Waals surface area contributed by atoms with Crippen LogP contribution in [0.3, 0.4) is 0 Å². The maximum absolute atomic E-state index is 13.9. The first-order valence-corrected chi connectivity index (χ1v) is 14.3. The van der Waals surface area contributed by atoms with E-state index >= 15 is 0 Å². The molecule has 7 nitrogen and oxygen atoms in total. The van der Waals surface area contributed by atoms with Crippen LogP contribution in [0.15, 0.2) is 83.8 Å². The number of hydrogen-bond acceptors (Lipinski definition) is 4. The quantitative estimate of drug-likeness (QED) is 0.353. The molecule has 2 atom stereocenters. The zero-order chi connectivity index (χ0) is 27.9. The molecule has 0 unspecified atom stereocenters. The standard InChI is InChI=1S/C29H34ClN3O4S/c1-5-21(2)31-29(35)23(4)32(19-24-13-8-6-9-14-24)28(34)20-33(27-18-12-17-26(30)22(27)3)38(36,37)25-15-10-7-11-16-25/h6-18,21,23H,5,19-20H2,1-4H3,(H,31,35)/t21-,23-/m1/s1. The maximum Gasteiger partial charge on any atom is 0.264 e. The predicted octanol–water partition coefficient (Wildman–Crippen LogP) is 5.18. The van der Waals surface area contributed by atoms with Gasteiger partial charge in [-0.15, -0.1) is 0 Å². The van der Waals surface area contributed by atoms with Gasteiger partial charge in [0.1, 0.15) is 12.6 Å². The topological polar surface area (TPSA) is 86.8 Å². The molecule has 0 radical (unpaired) electrons. The summed E-state index contributed by atoms with van der Waals surface area (Å²) in [7, 11) is -4.14. The highest BCUT2D eigenvalue weighted by Gasteiger charge is 2.33. The van der Waals surface area contributed by atoms with Crippen LogP contribution >= 0.6 is 11.6 Å². The molecule has 0 bridgehead atoms. The molecule has 0 saturated heterocycles. The Labute approximate surface area is 230 Å². The van der Waals surface area contributed by atoms with Crippen molar-refractivity contribution in [2.24, 2.45) is 0 Å². The second-order valence-electron chi connectivity index (χ2n) is 9.21. The highest BCUT2D eigenvalue weighted by Crippen LogP contribution is 2.31. The zero-order valence-corrected chi connectivity index (χ0v) is 23.7. The molecule has 0 aliphatic rings.